The summed E-state index contributed by atoms with van der Waals surface area (Å²) >= 11 is 0. The maximum Gasteiger partial charge on any atom is 0.374 e. The van der Waals surface area contributed by atoms with E-state index in [1.165, 1.54) is 12.1 Å². The number of phenolic OH excluding ortho intramolecular Hbond substituents is 1. The van der Waals surface area contributed by atoms with Gasteiger partial charge in [0.2, 0.25) is 5.76 Å². The van der Waals surface area contributed by atoms with Crippen LogP contribution < -0.4 is 4.74 Å². The number of carbonyl (C=O) groups excluding carboxylic acids is 1. The van der Waals surface area contributed by atoms with Crippen LogP contribution in [-0.2, 0) is 22.6 Å². The third-order valence-corrected chi connectivity index (χ3v) is 4.79. The van der Waals surface area contributed by atoms with Gasteiger partial charge in [0, 0.05) is 12.0 Å². The van der Waals surface area contributed by atoms with Gasteiger partial charge < -0.3 is 19.7 Å². The van der Waals surface area contributed by atoms with E-state index in [2.05, 4.69) is 0 Å². The van der Waals surface area contributed by atoms with Crippen LogP contribution in [-0.4, -0.2) is 22.3 Å². The van der Waals surface area contributed by atoms with E-state index in [1.807, 2.05) is 54.6 Å². The third kappa shape index (κ3) is 4.24. The SMILES string of the molecule is O=C1OC(Cc2ccc(OCc3ccccc3)cc2)C(c2ccc(O)cc2)=C1O. The number of cyclic esters (lactones) is 1. The highest BCUT2D eigenvalue weighted by Crippen LogP contribution is 2.33. The number of aliphatic hydroxyl groups is 1. The molecule has 1 heterocycles. The van der Waals surface area contributed by atoms with Gasteiger partial charge in [0.05, 0.1) is 0 Å². The normalized spacial score (nSPS) is 16.0. The minimum atomic E-state index is -0.735. The van der Waals surface area contributed by atoms with Crippen molar-refractivity contribution in [2.24, 2.45) is 0 Å². The molecule has 1 unspecified atom stereocenters. The van der Waals surface area contributed by atoms with Gasteiger partial charge in [-0.3, -0.25) is 0 Å². The molecular formula is C24H20O5. The number of rotatable bonds is 6. The number of aromatic hydroxyl groups is 1. The first-order valence-corrected chi connectivity index (χ1v) is 9.29. The summed E-state index contributed by atoms with van der Waals surface area (Å²) in [5.41, 5.74) is 3.10. The van der Waals surface area contributed by atoms with E-state index in [9.17, 15) is 15.0 Å². The molecule has 0 amide bonds. The predicted molar refractivity (Wildman–Crippen MR) is 108 cm³/mol. The van der Waals surface area contributed by atoms with Crippen molar-refractivity contribution in [1.82, 2.24) is 0 Å². The number of ether oxygens (including phenoxy) is 2. The summed E-state index contributed by atoms with van der Waals surface area (Å²) in [4.78, 5) is 11.9. The average molecular weight is 388 g/mol. The van der Waals surface area contributed by atoms with Gasteiger partial charge in [-0.1, -0.05) is 54.6 Å². The molecule has 0 saturated heterocycles. The summed E-state index contributed by atoms with van der Waals surface area (Å²) in [7, 11) is 0. The molecule has 2 N–H and O–H groups in total. The fraction of sp³-hybridized carbons (Fsp3) is 0.125. The first-order chi connectivity index (χ1) is 14.1. The van der Waals surface area contributed by atoms with Gasteiger partial charge in [-0.25, -0.2) is 4.79 Å². The lowest BCUT2D eigenvalue weighted by Gasteiger charge is -2.15. The highest BCUT2D eigenvalue weighted by atomic mass is 16.6. The number of esters is 1. The monoisotopic (exact) mass is 388 g/mol. The maximum absolute atomic E-state index is 11.9. The lowest BCUT2D eigenvalue weighted by Crippen LogP contribution is -2.14. The van der Waals surface area contributed by atoms with E-state index < -0.39 is 12.1 Å². The van der Waals surface area contributed by atoms with Crippen LogP contribution in [0.1, 0.15) is 16.7 Å². The van der Waals surface area contributed by atoms with Crippen LogP contribution in [0.3, 0.4) is 0 Å². The molecule has 0 radical (unpaired) electrons. The predicted octanol–water partition coefficient (Wildman–Crippen LogP) is 4.41. The summed E-state index contributed by atoms with van der Waals surface area (Å²) < 4.78 is 11.1. The summed E-state index contributed by atoms with van der Waals surface area (Å²) in [5.74, 6) is -0.260. The molecule has 146 valence electrons. The Bertz CT molecular complexity index is 1020. The first-order valence-electron chi connectivity index (χ1n) is 9.29. The summed E-state index contributed by atoms with van der Waals surface area (Å²) in [6, 6.07) is 23.8. The van der Waals surface area contributed by atoms with Crippen molar-refractivity contribution >= 4 is 11.5 Å². The van der Waals surface area contributed by atoms with Gasteiger partial charge in [-0.2, -0.15) is 0 Å². The lowest BCUT2D eigenvalue weighted by molar-refractivity contribution is -0.141. The van der Waals surface area contributed by atoms with Crippen LogP contribution in [0.4, 0.5) is 0 Å². The zero-order valence-electron chi connectivity index (χ0n) is 15.6. The largest absolute Gasteiger partial charge is 0.508 e. The quantitative estimate of drug-likeness (QED) is 0.612. The number of benzene rings is 3. The van der Waals surface area contributed by atoms with E-state index in [-0.39, 0.29) is 11.5 Å². The molecule has 4 rings (SSSR count). The Balaban J connectivity index is 1.45. The fourth-order valence-electron chi connectivity index (χ4n) is 3.29. The number of hydrogen-bond acceptors (Lipinski definition) is 5. The van der Waals surface area contributed by atoms with Crippen LogP contribution in [0.25, 0.3) is 5.57 Å². The molecule has 1 aliphatic rings. The lowest BCUT2D eigenvalue weighted by atomic mass is 9.95. The molecule has 29 heavy (non-hydrogen) atoms. The molecule has 5 nitrogen and oxygen atoms in total. The molecule has 1 atom stereocenters. The van der Waals surface area contributed by atoms with E-state index in [0.717, 1.165) is 16.9 Å². The standard InChI is InChI=1S/C24H20O5/c25-19-10-8-18(9-11-19)22-21(29-24(27)23(22)26)14-16-6-12-20(13-7-16)28-15-17-4-2-1-3-5-17/h1-13,21,25-26H,14-15H2. The van der Waals surface area contributed by atoms with Crippen LogP contribution in [0, 0.1) is 0 Å². The van der Waals surface area contributed by atoms with Crippen molar-refractivity contribution in [2.45, 2.75) is 19.1 Å². The van der Waals surface area contributed by atoms with Crippen LogP contribution >= 0.6 is 0 Å². The number of phenols is 1. The molecule has 3 aromatic carbocycles. The van der Waals surface area contributed by atoms with E-state index >= 15 is 0 Å². The molecule has 0 spiro atoms. The number of hydrogen-bond donors (Lipinski definition) is 2. The van der Waals surface area contributed by atoms with Gasteiger partial charge in [0.25, 0.3) is 0 Å². The molecular weight excluding hydrogens is 368 g/mol. The first kappa shape index (κ1) is 18.6. The van der Waals surface area contributed by atoms with E-state index in [0.29, 0.717) is 24.2 Å². The second-order valence-corrected chi connectivity index (χ2v) is 6.83. The van der Waals surface area contributed by atoms with Gasteiger partial charge in [-0.15, -0.1) is 0 Å². The molecule has 3 aromatic rings. The van der Waals surface area contributed by atoms with Crippen molar-refractivity contribution in [3.63, 3.8) is 0 Å². The Morgan fingerprint density at radius 2 is 1.52 bits per heavy atom. The van der Waals surface area contributed by atoms with E-state index in [4.69, 9.17) is 9.47 Å². The summed E-state index contributed by atoms with van der Waals surface area (Å²) in [5, 5.41) is 19.6. The third-order valence-electron chi connectivity index (χ3n) is 4.79. The molecule has 0 aliphatic carbocycles. The average Bonchev–Trinajstić information content (AvgIpc) is 3.02. The summed E-state index contributed by atoms with van der Waals surface area (Å²) in [6.07, 6.45) is -0.173. The molecule has 1 aliphatic heterocycles. The topological polar surface area (TPSA) is 76.0 Å². The van der Waals surface area contributed by atoms with Gasteiger partial charge in [0.1, 0.15) is 24.2 Å². The number of aliphatic hydroxyl groups excluding tert-OH is 1. The molecule has 0 aromatic heterocycles. The zero-order valence-corrected chi connectivity index (χ0v) is 15.6. The Kier molecular flexibility index (Phi) is 5.20. The van der Waals surface area contributed by atoms with Crippen LogP contribution in [0.15, 0.2) is 84.6 Å². The van der Waals surface area contributed by atoms with Crippen molar-refractivity contribution < 1.29 is 24.5 Å². The van der Waals surface area contributed by atoms with E-state index in [1.54, 1.807) is 12.1 Å². The number of carbonyl (C=O) groups is 1. The van der Waals surface area contributed by atoms with Gasteiger partial charge in [-0.05, 0) is 41.0 Å². The highest BCUT2D eigenvalue weighted by molar-refractivity contribution is 6.00. The Hall–Kier alpha value is -3.73. The fourth-order valence-corrected chi connectivity index (χ4v) is 3.29. The Labute approximate surface area is 168 Å². The smallest absolute Gasteiger partial charge is 0.374 e. The molecule has 0 saturated carbocycles. The van der Waals surface area contributed by atoms with Crippen molar-refractivity contribution in [2.75, 3.05) is 0 Å². The Morgan fingerprint density at radius 3 is 2.21 bits per heavy atom. The molecule has 5 heteroatoms. The molecule has 0 fully saturated rings. The minimum Gasteiger partial charge on any atom is -0.508 e. The van der Waals surface area contributed by atoms with Crippen molar-refractivity contribution in [1.29, 1.82) is 0 Å². The van der Waals surface area contributed by atoms with Gasteiger partial charge in [0.15, 0.2) is 0 Å². The summed E-state index contributed by atoms with van der Waals surface area (Å²) in [6.45, 7) is 0.488. The van der Waals surface area contributed by atoms with Gasteiger partial charge >= 0.3 is 5.97 Å². The second-order valence-electron chi connectivity index (χ2n) is 6.83. The maximum atomic E-state index is 11.9. The minimum absolute atomic E-state index is 0.113. The molecule has 0 bridgehead atoms. The highest BCUT2D eigenvalue weighted by Gasteiger charge is 2.35. The van der Waals surface area contributed by atoms with Crippen molar-refractivity contribution in [3.8, 4) is 11.5 Å². The van der Waals surface area contributed by atoms with Crippen LogP contribution in [0.5, 0.6) is 11.5 Å². The zero-order chi connectivity index (χ0) is 20.2. The van der Waals surface area contributed by atoms with Crippen LogP contribution in [0.2, 0.25) is 0 Å². The Morgan fingerprint density at radius 1 is 0.828 bits per heavy atom. The second kappa shape index (κ2) is 8.10. The van der Waals surface area contributed by atoms with Crippen molar-refractivity contribution in [3.05, 3.63) is 101 Å².